The number of aliphatic hydroxyl groups is 1. The Kier molecular flexibility index (Phi) is 8.93. The summed E-state index contributed by atoms with van der Waals surface area (Å²) < 4.78 is 46.5. The van der Waals surface area contributed by atoms with Crippen LogP contribution < -0.4 is 0 Å². The minimum atomic E-state index is -4.58. The molecule has 0 aromatic carbocycles. The van der Waals surface area contributed by atoms with Crippen LogP contribution in [-0.2, 0) is 32.6 Å². The minimum Gasteiger partial charge on any atom is -0.406 e. The maximum absolute atomic E-state index is 12.8. The zero-order chi connectivity index (χ0) is 22.7. The van der Waals surface area contributed by atoms with Crippen LogP contribution in [0.3, 0.4) is 0 Å². The highest BCUT2D eigenvalue weighted by Gasteiger charge is 2.52. The van der Waals surface area contributed by atoms with E-state index < -0.39 is 32.2 Å². The van der Waals surface area contributed by atoms with E-state index in [4.69, 9.17) is 28.0 Å². The van der Waals surface area contributed by atoms with Crippen molar-refractivity contribution in [3.63, 3.8) is 0 Å². The zero-order valence-electron chi connectivity index (χ0n) is 18.8. The van der Waals surface area contributed by atoms with Gasteiger partial charge in [0.1, 0.15) is 23.6 Å². The molecule has 0 amide bonds. The smallest absolute Gasteiger partial charge is 0.406 e. The second kappa shape index (κ2) is 10.4. The number of aliphatic hydroxyl groups excluding tert-OH is 1. The number of ether oxygens (including phenoxy) is 4. The summed E-state index contributed by atoms with van der Waals surface area (Å²) in [6, 6.07) is 0. The van der Waals surface area contributed by atoms with Crippen LogP contribution in [0.5, 0.6) is 0 Å². The lowest BCUT2D eigenvalue weighted by Crippen LogP contribution is -2.49. The summed E-state index contributed by atoms with van der Waals surface area (Å²) in [7, 11) is -4.58. The van der Waals surface area contributed by atoms with Gasteiger partial charge in [0, 0.05) is 12.8 Å². The molecule has 2 heterocycles. The van der Waals surface area contributed by atoms with Gasteiger partial charge in [-0.05, 0) is 41.5 Å². The summed E-state index contributed by atoms with van der Waals surface area (Å²) in [6.45, 7) is 14.6. The third-order valence-electron chi connectivity index (χ3n) is 5.04. The SMILES string of the molecule is C=C(OP(=O)(O)O[C@@H]1C[C@H](C)O[C@]1(CO)COC(C)C)[C@H]1O[C@@H](C)CC1OC(C)C. The van der Waals surface area contributed by atoms with E-state index in [1.165, 1.54) is 0 Å². The van der Waals surface area contributed by atoms with Crippen LogP contribution in [-0.4, -0.2) is 71.5 Å². The van der Waals surface area contributed by atoms with Gasteiger partial charge in [-0.2, -0.15) is 0 Å². The Hall–Kier alpha value is -0.510. The summed E-state index contributed by atoms with van der Waals surface area (Å²) in [5, 5.41) is 9.97. The number of phosphoric acid groups is 1. The molecular formula is C20H37O9P. The van der Waals surface area contributed by atoms with Gasteiger partial charge in [0.15, 0.2) is 0 Å². The number of rotatable bonds is 11. The molecule has 2 unspecified atom stereocenters. The van der Waals surface area contributed by atoms with Gasteiger partial charge in [0.25, 0.3) is 0 Å². The van der Waals surface area contributed by atoms with Gasteiger partial charge in [0.05, 0.1) is 43.7 Å². The normalized spacial score (nSPS) is 36.4. The highest BCUT2D eigenvalue weighted by atomic mass is 31.2. The van der Waals surface area contributed by atoms with E-state index in [9.17, 15) is 14.6 Å². The molecule has 0 aliphatic carbocycles. The highest BCUT2D eigenvalue weighted by molar-refractivity contribution is 7.47. The summed E-state index contributed by atoms with van der Waals surface area (Å²) in [5.41, 5.74) is -1.26. The first-order valence-electron chi connectivity index (χ1n) is 10.5. The van der Waals surface area contributed by atoms with E-state index in [-0.39, 0.29) is 42.9 Å². The molecule has 30 heavy (non-hydrogen) atoms. The summed E-state index contributed by atoms with van der Waals surface area (Å²) in [5.74, 6) is -0.0316. The average molecular weight is 452 g/mol. The maximum atomic E-state index is 12.8. The highest BCUT2D eigenvalue weighted by Crippen LogP contribution is 2.52. The fourth-order valence-electron chi connectivity index (χ4n) is 3.79. The fourth-order valence-corrected chi connectivity index (χ4v) is 4.83. The third kappa shape index (κ3) is 6.74. The van der Waals surface area contributed by atoms with Crippen LogP contribution in [0.2, 0.25) is 0 Å². The first-order chi connectivity index (χ1) is 13.9. The van der Waals surface area contributed by atoms with E-state index in [1.54, 1.807) is 6.92 Å². The van der Waals surface area contributed by atoms with Crippen molar-refractivity contribution in [1.29, 1.82) is 0 Å². The van der Waals surface area contributed by atoms with E-state index in [2.05, 4.69) is 6.58 Å². The number of hydrogen-bond acceptors (Lipinski definition) is 8. The Labute approximate surface area is 179 Å². The lowest BCUT2D eigenvalue weighted by Gasteiger charge is -2.33. The van der Waals surface area contributed by atoms with Gasteiger partial charge in [-0.15, -0.1) is 0 Å². The lowest BCUT2D eigenvalue weighted by atomic mass is 9.98. The molecule has 2 aliphatic heterocycles. The van der Waals surface area contributed by atoms with Gasteiger partial charge >= 0.3 is 7.82 Å². The van der Waals surface area contributed by atoms with Crippen LogP contribution >= 0.6 is 7.82 Å². The average Bonchev–Trinajstić information content (AvgIpc) is 3.11. The molecule has 0 aromatic rings. The summed E-state index contributed by atoms with van der Waals surface area (Å²) in [4.78, 5) is 10.4. The number of phosphoric ester groups is 1. The Balaban J connectivity index is 2.07. The lowest BCUT2D eigenvalue weighted by molar-refractivity contribution is -0.151. The van der Waals surface area contributed by atoms with E-state index >= 15 is 0 Å². The molecule has 10 heteroatoms. The minimum absolute atomic E-state index is 0.0185. The van der Waals surface area contributed by atoms with Crippen molar-refractivity contribution in [3.8, 4) is 0 Å². The van der Waals surface area contributed by atoms with Crippen LogP contribution in [0.25, 0.3) is 0 Å². The van der Waals surface area contributed by atoms with Crippen molar-refractivity contribution in [1.82, 2.24) is 0 Å². The molecule has 9 nitrogen and oxygen atoms in total. The Morgan fingerprint density at radius 1 is 1.20 bits per heavy atom. The molecule has 7 atom stereocenters. The van der Waals surface area contributed by atoms with Crippen LogP contribution in [0, 0.1) is 0 Å². The molecule has 0 radical (unpaired) electrons. The summed E-state index contributed by atoms with van der Waals surface area (Å²) >= 11 is 0. The van der Waals surface area contributed by atoms with Gasteiger partial charge < -0.3 is 28.6 Å². The van der Waals surface area contributed by atoms with E-state index in [0.29, 0.717) is 12.8 Å². The first kappa shape index (κ1) is 25.7. The molecule has 2 N–H and O–H groups in total. The monoisotopic (exact) mass is 452 g/mol. The largest absolute Gasteiger partial charge is 0.527 e. The predicted molar refractivity (Wildman–Crippen MR) is 110 cm³/mol. The molecule has 2 aliphatic rings. The molecule has 176 valence electrons. The molecule has 2 rings (SSSR count). The van der Waals surface area contributed by atoms with Crippen molar-refractivity contribution in [2.45, 2.75) is 103 Å². The van der Waals surface area contributed by atoms with Crippen molar-refractivity contribution >= 4 is 7.82 Å². The van der Waals surface area contributed by atoms with Gasteiger partial charge in [-0.3, -0.25) is 9.42 Å². The van der Waals surface area contributed by atoms with Crippen molar-refractivity contribution in [3.05, 3.63) is 12.3 Å². The topological polar surface area (TPSA) is 113 Å². The second-order valence-electron chi connectivity index (χ2n) is 8.69. The van der Waals surface area contributed by atoms with Crippen LogP contribution in [0.4, 0.5) is 0 Å². The molecule has 0 spiro atoms. The van der Waals surface area contributed by atoms with E-state index in [1.807, 2.05) is 34.6 Å². The molecular weight excluding hydrogens is 415 g/mol. The fraction of sp³-hybridized carbons (Fsp3) is 0.900. The standard InChI is InChI=1S/C20H37O9P/c1-12(2)24-11-20(10-21)18(9-15(6)27-20)29-30(22,23)28-16(7)19-17(25-13(3)4)8-14(5)26-19/h12-15,17-19,21H,7-11H2,1-6H3,(H,22,23)/t14-,15-,17?,18+,19+,20+/m0/s1. The molecule has 0 aromatic heterocycles. The van der Waals surface area contributed by atoms with Crippen molar-refractivity contribution in [2.75, 3.05) is 13.2 Å². The zero-order valence-corrected chi connectivity index (χ0v) is 19.7. The molecule has 0 saturated carbocycles. The maximum Gasteiger partial charge on any atom is 0.527 e. The van der Waals surface area contributed by atoms with Crippen LogP contribution in [0.15, 0.2) is 12.3 Å². The Morgan fingerprint density at radius 2 is 1.87 bits per heavy atom. The Bertz CT molecular complexity index is 625. The van der Waals surface area contributed by atoms with Crippen molar-refractivity contribution < 1.29 is 42.6 Å². The third-order valence-corrected chi connectivity index (χ3v) is 6.02. The van der Waals surface area contributed by atoms with Gasteiger partial charge in [-0.1, -0.05) is 6.58 Å². The predicted octanol–water partition coefficient (Wildman–Crippen LogP) is 2.94. The van der Waals surface area contributed by atoms with Gasteiger partial charge in [-0.25, -0.2) is 4.57 Å². The Morgan fingerprint density at radius 3 is 2.43 bits per heavy atom. The first-order valence-corrected chi connectivity index (χ1v) is 12.0. The van der Waals surface area contributed by atoms with Crippen molar-refractivity contribution in [2.24, 2.45) is 0 Å². The van der Waals surface area contributed by atoms with E-state index in [0.717, 1.165) is 0 Å². The quantitative estimate of drug-likeness (QED) is 0.361. The van der Waals surface area contributed by atoms with Gasteiger partial charge in [0.2, 0.25) is 0 Å². The summed E-state index contributed by atoms with van der Waals surface area (Å²) in [6.07, 6.45) is -1.53. The second-order valence-corrected chi connectivity index (χ2v) is 10.0. The molecule has 0 bridgehead atoms. The molecule has 2 saturated heterocycles. The molecule has 2 fully saturated rings. The number of hydrogen-bond donors (Lipinski definition) is 2. The van der Waals surface area contributed by atoms with Crippen LogP contribution in [0.1, 0.15) is 54.4 Å².